The van der Waals surface area contributed by atoms with E-state index in [1.54, 1.807) is 7.11 Å². The van der Waals surface area contributed by atoms with Gasteiger partial charge in [0.15, 0.2) is 0 Å². The average Bonchev–Trinajstić information content (AvgIpc) is 2.43. The van der Waals surface area contributed by atoms with E-state index >= 15 is 0 Å². The van der Waals surface area contributed by atoms with Gasteiger partial charge in [-0.1, -0.05) is 51.1 Å². The number of amides is 1. The molecule has 0 aliphatic rings. The van der Waals surface area contributed by atoms with Crippen molar-refractivity contribution in [3.63, 3.8) is 0 Å². The fourth-order valence-electron chi connectivity index (χ4n) is 2.11. The van der Waals surface area contributed by atoms with E-state index in [1.165, 1.54) is 0 Å². The van der Waals surface area contributed by atoms with Crippen LogP contribution in [0.1, 0.15) is 45.7 Å². The van der Waals surface area contributed by atoms with Gasteiger partial charge in [-0.05, 0) is 17.9 Å². The van der Waals surface area contributed by atoms with Crippen LogP contribution >= 0.6 is 0 Å². The van der Waals surface area contributed by atoms with E-state index in [0.717, 1.165) is 5.56 Å². The van der Waals surface area contributed by atoms with Crippen LogP contribution in [0.5, 0.6) is 0 Å². The number of ketones is 1. The lowest BCUT2D eigenvalue weighted by atomic mass is 9.86. The van der Waals surface area contributed by atoms with E-state index in [1.807, 2.05) is 58.0 Å². The van der Waals surface area contributed by atoms with Crippen molar-refractivity contribution in [2.24, 2.45) is 5.41 Å². The van der Waals surface area contributed by atoms with E-state index in [2.05, 4.69) is 5.32 Å². The zero-order valence-corrected chi connectivity index (χ0v) is 13.5. The summed E-state index contributed by atoms with van der Waals surface area (Å²) >= 11 is 0. The third kappa shape index (κ3) is 5.31. The van der Waals surface area contributed by atoms with Crippen molar-refractivity contribution in [1.82, 2.24) is 5.32 Å². The quantitative estimate of drug-likeness (QED) is 0.820. The Labute approximate surface area is 126 Å². The molecule has 0 saturated heterocycles. The van der Waals surface area contributed by atoms with Crippen molar-refractivity contribution in [3.05, 3.63) is 35.9 Å². The second-order valence-electron chi connectivity index (χ2n) is 6.32. The summed E-state index contributed by atoms with van der Waals surface area (Å²) in [6, 6.07) is 9.36. The predicted molar refractivity (Wildman–Crippen MR) is 82.9 cm³/mol. The summed E-state index contributed by atoms with van der Waals surface area (Å²) < 4.78 is 5.32. The van der Waals surface area contributed by atoms with E-state index in [9.17, 15) is 9.59 Å². The van der Waals surface area contributed by atoms with Gasteiger partial charge in [0.2, 0.25) is 5.78 Å². The Kier molecular flexibility index (Phi) is 6.09. The van der Waals surface area contributed by atoms with Crippen molar-refractivity contribution in [2.75, 3.05) is 7.11 Å². The first kappa shape index (κ1) is 17.4. The molecular weight excluding hydrogens is 266 g/mol. The fourth-order valence-corrected chi connectivity index (χ4v) is 2.11. The number of methoxy groups -OCH3 is 1. The van der Waals surface area contributed by atoms with Crippen molar-refractivity contribution in [2.45, 2.75) is 46.3 Å². The molecule has 1 rings (SSSR count). The van der Waals surface area contributed by atoms with E-state index in [4.69, 9.17) is 4.74 Å². The molecule has 0 bridgehead atoms. The molecule has 0 aliphatic heterocycles. The van der Waals surface area contributed by atoms with Gasteiger partial charge in [-0.15, -0.1) is 0 Å². The van der Waals surface area contributed by atoms with Gasteiger partial charge >= 0.3 is 0 Å². The van der Waals surface area contributed by atoms with Crippen LogP contribution in [0, 0.1) is 5.41 Å². The number of nitrogens with one attached hydrogen (secondary N) is 1. The third-order valence-corrected chi connectivity index (χ3v) is 3.52. The number of carbonyl (C=O) groups excluding carboxylic acids is 2. The van der Waals surface area contributed by atoms with Gasteiger partial charge in [-0.3, -0.25) is 9.59 Å². The minimum Gasteiger partial charge on any atom is -0.380 e. The van der Waals surface area contributed by atoms with E-state index < -0.39 is 11.7 Å². The van der Waals surface area contributed by atoms with Crippen molar-refractivity contribution in [1.29, 1.82) is 0 Å². The Morgan fingerprint density at radius 1 is 1.19 bits per heavy atom. The standard InChI is InChI=1S/C17H25NO3/c1-12(13-9-7-6-8-10-13)18-16(20)14(19)11-15(21-5)17(2,3)4/h6-10,12,15H,11H2,1-5H3,(H,18,20)/t12-,15?/m0/s1. The summed E-state index contributed by atoms with van der Waals surface area (Å²) in [7, 11) is 1.56. The first-order valence-corrected chi connectivity index (χ1v) is 7.17. The molecule has 0 heterocycles. The predicted octanol–water partition coefficient (Wildman–Crippen LogP) is 2.88. The first-order valence-electron chi connectivity index (χ1n) is 7.17. The van der Waals surface area contributed by atoms with Gasteiger partial charge in [0, 0.05) is 13.5 Å². The molecule has 0 aromatic heterocycles. The molecule has 21 heavy (non-hydrogen) atoms. The van der Waals surface area contributed by atoms with Crippen LogP contribution in [0.4, 0.5) is 0 Å². The molecular formula is C17H25NO3. The lowest BCUT2D eigenvalue weighted by Crippen LogP contribution is -2.38. The van der Waals surface area contributed by atoms with Crippen molar-refractivity contribution in [3.8, 4) is 0 Å². The van der Waals surface area contributed by atoms with Crippen LogP contribution in [-0.4, -0.2) is 24.9 Å². The highest BCUT2D eigenvalue weighted by Gasteiger charge is 2.29. The zero-order valence-electron chi connectivity index (χ0n) is 13.5. The average molecular weight is 291 g/mol. The lowest BCUT2D eigenvalue weighted by Gasteiger charge is -2.28. The monoisotopic (exact) mass is 291 g/mol. The smallest absolute Gasteiger partial charge is 0.287 e. The van der Waals surface area contributed by atoms with E-state index in [-0.39, 0.29) is 24.0 Å². The van der Waals surface area contributed by atoms with Gasteiger partial charge in [-0.2, -0.15) is 0 Å². The van der Waals surface area contributed by atoms with Crippen LogP contribution in [0.15, 0.2) is 30.3 Å². The molecule has 116 valence electrons. The number of hydrogen-bond donors (Lipinski definition) is 1. The second-order valence-corrected chi connectivity index (χ2v) is 6.32. The van der Waals surface area contributed by atoms with Gasteiger partial charge < -0.3 is 10.1 Å². The van der Waals surface area contributed by atoms with Gasteiger partial charge in [0.05, 0.1) is 12.1 Å². The molecule has 0 spiro atoms. The topological polar surface area (TPSA) is 55.4 Å². The summed E-state index contributed by atoms with van der Waals surface area (Å²) in [6.45, 7) is 7.81. The molecule has 1 aromatic carbocycles. The van der Waals surface area contributed by atoms with Crippen LogP contribution < -0.4 is 5.32 Å². The van der Waals surface area contributed by atoms with Crippen LogP contribution in [0.2, 0.25) is 0 Å². The maximum absolute atomic E-state index is 12.0. The third-order valence-electron chi connectivity index (χ3n) is 3.52. The molecule has 0 aliphatic carbocycles. The number of ether oxygens (including phenoxy) is 1. The molecule has 4 nitrogen and oxygen atoms in total. The molecule has 2 atom stereocenters. The molecule has 0 radical (unpaired) electrons. The Hall–Kier alpha value is -1.68. The maximum Gasteiger partial charge on any atom is 0.287 e. The van der Waals surface area contributed by atoms with Crippen molar-refractivity contribution >= 4 is 11.7 Å². The lowest BCUT2D eigenvalue weighted by molar-refractivity contribution is -0.140. The fraction of sp³-hybridized carbons (Fsp3) is 0.529. The highest BCUT2D eigenvalue weighted by atomic mass is 16.5. The van der Waals surface area contributed by atoms with Crippen molar-refractivity contribution < 1.29 is 14.3 Å². The minimum absolute atomic E-state index is 0.0906. The van der Waals surface area contributed by atoms with Gasteiger partial charge in [0.25, 0.3) is 5.91 Å². The van der Waals surface area contributed by atoms with Gasteiger partial charge in [0.1, 0.15) is 0 Å². The van der Waals surface area contributed by atoms with Gasteiger partial charge in [-0.25, -0.2) is 0 Å². The molecule has 1 N–H and O–H groups in total. The summed E-state index contributed by atoms with van der Waals surface area (Å²) in [5.74, 6) is -1.00. The Morgan fingerprint density at radius 3 is 2.24 bits per heavy atom. The number of rotatable bonds is 6. The highest BCUT2D eigenvalue weighted by molar-refractivity contribution is 6.36. The second kappa shape index (κ2) is 7.36. The Morgan fingerprint density at radius 2 is 1.76 bits per heavy atom. The summed E-state index contributed by atoms with van der Waals surface area (Å²) in [4.78, 5) is 24.0. The highest BCUT2D eigenvalue weighted by Crippen LogP contribution is 2.24. The maximum atomic E-state index is 12.0. The van der Waals surface area contributed by atoms with Crippen LogP contribution in [0.25, 0.3) is 0 Å². The number of carbonyl (C=O) groups is 2. The molecule has 1 amide bonds. The first-order chi connectivity index (χ1) is 9.75. The summed E-state index contributed by atoms with van der Waals surface area (Å²) in [5.41, 5.74) is 0.785. The Balaban J connectivity index is 2.61. The number of Topliss-reactive ketones (excluding diaryl/α,β-unsaturated/α-hetero) is 1. The molecule has 4 heteroatoms. The van der Waals surface area contributed by atoms with Crippen LogP contribution in [-0.2, 0) is 14.3 Å². The van der Waals surface area contributed by atoms with Crippen LogP contribution in [0.3, 0.4) is 0 Å². The number of hydrogen-bond acceptors (Lipinski definition) is 3. The molecule has 1 unspecified atom stereocenters. The van der Waals surface area contributed by atoms with E-state index in [0.29, 0.717) is 0 Å². The normalized spacial score (nSPS) is 14.3. The SMILES string of the molecule is COC(CC(=O)C(=O)N[C@@H](C)c1ccccc1)C(C)(C)C. The largest absolute Gasteiger partial charge is 0.380 e. The minimum atomic E-state index is -0.558. The molecule has 0 fully saturated rings. The summed E-state index contributed by atoms with van der Waals surface area (Å²) in [5, 5.41) is 2.73. The Bertz CT molecular complexity index is 477. The zero-order chi connectivity index (χ0) is 16.0. The molecule has 0 saturated carbocycles. The molecule has 1 aromatic rings. The summed E-state index contributed by atoms with van der Waals surface area (Å²) in [6.07, 6.45) is -0.185. The number of benzene rings is 1.